The van der Waals surface area contributed by atoms with E-state index in [0.29, 0.717) is 23.8 Å². The van der Waals surface area contributed by atoms with Gasteiger partial charge < -0.3 is 4.90 Å². The number of aryl methyl sites for hydroxylation is 1. The average molecular weight is 443 g/mol. The summed E-state index contributed by atoms with van der Waals surface area (Å²) < 4.78 is 30.3. The van der Waals surface area contributed by atoms with Crippen molar-refractivity contribution in [1.29, 1.82) is 0 Å². The zero-order chi connectivity index (χ0) is 22.1. The Morgan fingerprint density at radius 1 is 1.26 bits per heavy atom. The Hall–Kier alpha value is -2.72. The van der Waals surface area contributed by atoms with Gasteiger partial charge in [-0.2, -0.15) is 5.10 Å². The van der Waals surface area contributed by atoms with Gasteiger partial charge in [0, 0.05) is 24.3 Å². The summed E-state index contributed by atoms with van der Waals surface area (Å²) in [5.41, 5.74) is 1.55. The molecule has 0 bridgehead atoms. The summed E-state index contributed by atoms with van der Waals surface area (Å²) in [6.45, 7) is 6.28. The number of aliphatic imine (C=N–C) groups is 1. The van der Waals surface area contributed by atoms with Crippen molar-refractivity contribution >= 4 is 27.6 Å². The number of amides is 1. The fourth-order valence-corrected chi connectivity index (χ4v) is 5.62. The molecule has 0 radical (unpaired) electrons. The van der Waals surface area contributed by atoms with Crippen LogP contribution in [0.3, 0.4) is 0 Å². The molecular weight excluding hydrogens is 416 g/mol. The number of aromatic nitrogens is 2. The molecule has 1 saturated carbocycles. The highest BCUT2D eigenvalue weighted by Crippen LogP contribution is 2.39. The van der Waals surface area contributed by atoms with Gasteiger partial charge in [-0.3, -0.25) is 14.4 Å². The quantitative estimate of drug-likeness (QED) is 0.762. The molecule has 2 atom stereocenters. The van der Waals surface area contributed by atoms with E-state index in [0.717, 1.165) is 18.4 Å². The molecule has 1 amide bonds. The van der Waals surface area contributed by atoms with Crippen molar-refractivity contribution in [2.24, 2.45) is 12.0 Å². The van der Waals surface area contributed by atoms with Gasteiger partial charge in [0.15, 0.2) is 0 Å². The van der Waals surface area contributed by atoms with Crippen molar-refractivity contribution in [2.75, 3.05) is 4.90 Å². The summed E-state index contributed by atoms with van der Waals surface area (Å²) in [5, 5.41) is 4.19. The van der Waals surface area contributed by atoms with Crippen LogP contribution in [0, 0.1) is 0 Å². The second kappa shape index (κ2) is 6.64. The second-order valence-electron chi connectivity index (χ2n) is 9.04. The van der Waals surface area contributed by atoms with Gasteiger partial charge in [-0.1, -0.05) is 0 Å². The van der Waals surface area contributed by atoms with Crippen molar-refractivity contribution in [3.05, 3.63) is 41.7 Å². The molecule has 10 heteroatoms. The maximum absolute atomic E-state index is 13.5. The molecule has 31 heavy (non-hydrogen) atoms. The van der Waals surface area contributed by atoms with Gasteiger partial charge in [0.05, 0.1) is 41.0 Å². The van der Waals surface area contributed by atoms with Gasteiger partial charge in [0.1, 0.15) is 0 Å². The lowest BCUT2D eigenvalue weighted by Gasteiger charge is -2.38. The summed E-state index contributed by atoms with van der Waals surface area (Å²) >= 11 is 0. The Morgan fingerprint density at radius 3 is 2.65 bits per heavy atom. The van der Waals surface area contributed by atoms with Crippen LogP contribution in [-0.4, -0.2) is 52.6 Å². The van der Waals surface area contributed by atoms with Crippen LogP contribution in [0.2, 0.25) is 0 Å². The van der Waals surface area contributed by atoms with Gasteiger partial charge in [-0.05, 0) is 51.8 Å². The van der Waals surface area contributed by atoms with E-state index in [4.69, 9.17) is 4.99 Å². The van der Waals surface area contributed by atoms with Crippen molar-refractivity contribution in [3.63, 3.8) is 0 Å². The molecule has 1 aromatic carbocycles. The maximum Gasteiger partial charge on any atom is 0.263 e. The molecule has 164 valence electrons. The molecule has 9 nitrogen and oxygen atoms in total. The highest BCUT2D eigenvalue weighted by molar-refractivity contribution is 7.89. The van der Waals surface area contributed by atoms with Crippen LogP contribution in [0.15, 0.2) is 40.5 Å². The van der Waals surface area contributed by atoms with E-state index in [9.17, 15) is 13.2 Å². The van der Waals surface area contributed by atoms with E-state index in [1.165, 1.54) is 6.07 Å². The number of fused-ring (bicyclic) bond motifs is 3. The molecule has 1 aliphatic carbocycles. The predicted octanol–water partition coefficient (Wildman–Crippen LogP) is 1.86. The first-order valence-electron chi connectivity index (χ1n) is 10.4. The van der Waals surface area contributed by atoms with E-state index in [-0.39, 0.29) is 28.4 Å². The number of sulfonamides is 1. The fraction of sp³-hybridized carbons (Fsp3) is 0.476. The van der Waals surface area contributed by atoms with E-state index in [1.807, 2.05) is 32.0 Å². The molecule has 0 unspecified atom stereocenters. The minimum Gasteiger partial charge on any atom is -0.306 e. The summed E-state index contributed by atoms with van der Waals surface area (Å²) in [6.07, 6.45) is 5.21. The Labute approximate surface area is 181 Å². The van der Waals surface area contributed by atoms with Crippen LogP contribution < -0.4 is 9.62 Å². The monoisotopic (exact) mass is 442 g/mol. The number of anilines is 1. The Morgan fingerprint density at radius 2 is 2.00 bits per heavy atom. The number of nitrogens with one attached hydrogen (secondary N) is 1. The first-order valence-corrected chi connectivity index (χ1v) is 11.9. The number of nitrogens with zero attached hydrogens (tertiary/aromatic N) is 5. The average Bonchev–Trinajstić information content (AvgIpc) is 3.14. The van der Waals surface area contributed by atoms with Gasteiger partial charge in [-0.15, -0.1) is 0 Å². The van der Waals surface area contributed by atoms with Crippen molar-refractivity contribution < 1.29 is 13.2 Å². The summed E-state index contributed by atoms with van der Waals surface area (Å²) in [6, 6.07) is 4.84. The lowest BCUT2D eigenvalue weighted by molar-refractivity contribution is 0.0833. The summed E-state index contributed by atoms with van der Waals surface area (Å²) in [4.78, 5) is 22.0. The summed E-state index contributed by atoms with van der Waals surface area (Å²) in [5.74, 6) is 0.338. The van der Waals surface area contributed by atoms with Crippen LogP contribution in [-0.2, 0) is 23.6 Å². The lowest BCUT2D eigenvalue weighted by Crippen LogP contribution is -2.52. The highest BCUT2D eigenvalue weighted by atomic mass is 32.2. The molecule has 2 aliphatic heterocycles. The molecule has 3 heterocycles. The minimum absolute atomic E-state index is 0.00467. The standard InChI is InChI=1S/C21H26N6O3S/c1-13-14(2)27-18-6-5-16(31(29,30)24-21(3)7-8-21)9-17(18)19(28)26(20(27)23-13)12-15-10-22-25(4)11-15/h5-6,9-11,13-14,24H,7-8,12H2,1-4H3/t13-,14+/m0/s1. The second-order valence-corrected chi connectivity index (χ2v) is 10.7. The molecule has 0 saturated heterocycles. The molecule has 0 spiro atoms. The maximum atomic E-state index is 13.5. The van der Waals surface area contributed by atoms with E-state index >= 15 is 0 Å². The van der Waals surface area contributed by atoms with Crippen LogP contribution in [0.25, 0.3) is 0 Å². The van der Waals surface area contributed by atoms with E-state index < -0.39 is 10.0 Å². The topological polar surface area (TPSA) is 99.9 Å². The molecule has 3 aliphatic rings. The Balaban J connectivity index is 1.57. The highest BCUT2D eigenvalue weighted by Gasteiger charge is 2.44. The van der Waals surface area contributed by atoms with Gasteiger partial charge in [0.25, 0.3) is 5.91 Å². The van der Waals surface area contributed by atoms with Crippen LogP contribution in [0.5, 0.6) is 0 Å². The molecule has 1 aromatic heterocycles. The number of carbonyl (C=O) groups excluding carboxylic acids is 1. The third kappa shape index (κ3) is 3.34. The van der Waals surface area contributed by atoms with E-state index in [2.05, 4.69) is 16.7 Å². The van der Waals surface area contributed by atoms with Crippen molar-refractivity contribution in [2.45, 2.75) is 62.7 Å². The summed E-state index contributed by atoms with van der Waals surface area (Å²) in [7, 11) is -1.89. The van der Waals surface area contributed by atoms with Gasteiger partial charge >= 0.3 is 0 Å². The number of guanidine groups is 1. The third-order valence-corrected chi connectivity index (χ3v) is 8.01. The van der Waals surface area contributed by atoms with Crippen LogP contribution in [0.1, 0.15) is 49.5 Å². The SMILES string of the molecule is C[C@@H]1N=C2N(Cc3cnn(C)c3)C(=O)c3cc(S(=O)(=O)NC4(C)CC4)ccc3N2[C@@H]1C. The zero-order valence-electron chi connectivity index (χ0n) is 18.0. The Kier molecular flexibility index (Phi) is 4.32. The predicted molar refractivity (Wildman–Crippen MR) is 116 cm³/mol. The molecule has 5 rings (SSSR count). The number of hydrogen-bond donors (Lipinski definition) is 1. The zero-order valence-corrected chi connectivity index (χ0v) is 18.8. The largest absolute Gasteiger partial charge is 0.306 e. The fourth-order valence-electron chi connectivity index (χ4n) is 4.13. The smallest absolute Gasteiger partial charge is 0.263 e. The number of hydrogen-bond acceptors (Lipinski definition) is 6. The molecule has 1 N–H and O–H groups in total. The Bertz CT molecular complexity index is 1210. The van der Waals surface area contributed by atoms with Gasteiger partial charge in [-0.25, -0.2) is 18.1 Å². The molecular formula is C21H26N6O3S. The molecule has 1 fully saturated rings. The minimum atomic E-state index is -3.71. The number of benzene rings is 1. The van der Waals surface area contributed by atoms with Crippen LogP contribution >= 0.6 is 0 Å². The first kappa shape index (κ1) is 20.2. The van der Waals surface area contributed by atoms with E-state index in [1.54, 1.807) is 27.9 Å². The van der Waals surface area contributed by atoms with Crippen LogP contribution in [0.4, 0.5) is 5.69 Å². The first-order chi connectivity index (χ1) is 14.6. The van der Waals surface area contributed by atoms with Gasteiger partial charge in [0.2, 0.25) is 16.0 Å². The lowest BCUT2D eigenvalue weighted by atomic mass is 10.0. The molecule has 2 aromatic rings. The van der Waals surface area contributed by atoms with Crippen molar-refractivity contribution in [3.8, 4) is 0 Å². The van der Waals surface area contributed by atoms with Crippen molar-refractivity contribution in [1.82, 2.24) is 19.4 Å². The third-order valence-electron chi connectivity index (χ3n) is 6.37. The number of carbonyl (C=O) groups is 1. The number of rotatable bonds is 5. The normalized spacial score (nSPS) is 24.1.